The lowest BCUT2D eigenvalue weighted by atomic mass is 10.0. The molecule has 0 spiro atoms. The Morgan fingerprint density at radius 2 is 1.71 bits per heavy atom. The third-order valence-electron chi connectivity index (χ3n) is 3.77. The first-order valence-corrected chi connectivity index (χ1v) is 10.1. The summed E-state index contributed by atoms with van der Waals surface area (Å²) in [6, 6.07) is 3.80. The average Bonchev–Trinajstić information content (AvgIpc) is 2.38. The Balaban J connectivity index is 2.45. The van der Waals surface area contributed by atoms with Crippen LogP contribution in [0.5, 0.6) is 0 Å². The number of nitrogens with zero attached hydrogens (tertiary/aromatic N) is 1. The van der Waals surface area contributed by atoms with Gasteiger partial charge in [0.15, 0.2) is 9.84 Å². The molecule has 1 aromatic carbocycles. The fraction of sp³-hybridized carbons (Fsp3) is 0.538. The normalized spacial score (nSPS) is 18.8. The first kappa shape index (κ1) is 16.3. The van der Waals surface area contributed by atoms with Gasteiger partial charge in [0.05, 0.1) is 10.6 Å². The minimum absolute atomic E-state index is 0.0411. The lowest BCUT2D eigenvalue weighted by molar-refractivity contribution is 0.288. The van der Waals surface area contributed by atoms with E-state index < -0.39 is 19.9 Å². The third kappa shape index (κ3) is 3.38. The maximum absolute atomic E-state index is 12.6. The topological polar surface area (TPSA) is 97.5 Å². The molecule has 1 fully saturated rings. The van der Waals surface area contributed by atoms with Crippen molar-refractivity contribution in [2.45, 2.75) is 29.6 Å². The maximum Gasteiger partial charge on any atom is 0.245 e. The summed E-state index contributed by atoms with van der Waals surface area (Å²) in [5.74, 6) is 0.496. The average molecular weight is 332 g/mol. The van der Waals surface area contributed by atoms with Crippen molar-refractivity contribution >= 4 is 25.5 Å². The van der Waals surface area contributed by atoms with Gasteiger partial charge >= 0.3 is 0 Å². The molecule has 1 saturated heterocycles. The number of rotatable bonds is 3. The Labute approximate surface area is 125 Å². The Kier molecular flexibility index (Phi) is 4.32. The monoisotopic (exact) mass is 332 g/mol. The van der Waals surface area contributed by atoms with Gasteiger partial charge in [-0.2, -0.15) is 4.31 Å². The highest BCUT2D eigenvalue weighted by Gasteiger charge is 2.30. The number of hydrogen-bond acceptors (Lipinski definition) is 5. The summed E-state index contributed by atoms with van der Waals surface area (Å²) < 4.78 is 49.9. The first-order valence-electron chi connectivity index (χ1n) is 6.72. The van der Waals surface area contributed by atoms with Gasteiger partial charge in [-0.15, -0.1) is 0 Å². The quantitative estimate of drug-likeness (QED) is 0.836. The summed E-state index contributed by atoms with van der Waals surface area (Å²) in [5, 5.41) is 0. The van der Waals surface area contributed by atoms with E-state index in [4.69, 9.17) is 5.73 Å². The number of sulfonamides is 1. The van der Waals surface area contributed by atoms with Gasteiger partial charge in [0.25, 0.3) is 0 Å². The van der Waals surface area contributed by atoms with Crippen LogP contribution in [0.1, 0.15) is 19.8 Å². The number of nitrogen functional groups attached to an aromatic ring is 1. The van der Waals surface area contributed by atoms with Crippen LogP contribution >= 0.6 is 0 Å². The molecule has 0 radical (unpaired) electrons. The van der Waals surface area contributed by atoms with Crippen molar-refractivity contribution in [2.75, 3.05) is 25.1 Å². The number of hydrogen-bond donors (Lipinski definition) is 1. The molecule has 2 N–H and O–H groups in total. The SMILES string of the molecule is CC1CCN(S(=O)(=O)c2cc(S(C)(=O)=O)ccc2N)CC1. The van der Waals surface area contributed by atoms with E-state index in [0.29, 0.717) is 19.0 Å². The van der Waals surface area contributed by atoms with E-state index in [0.717, 1.165) is 25.2 Å². The highest BCUT2D eigenvalue weighted by Crippen LogP contribution is 2.28. The molecule has 1 aromatic rings. The predicted molar refractivity (Wildman–Crippen MR) is 81.1 cm³/mol. The van der Waals surface area contributed by atoms with Gasteiger partial charge in [-0.05, 0) is 37.0 Å². The van der Waals surface area contributed by atoms with Gasteiger partial charge in [-0.1, -0.05) is 6.92 Å². The van der Waals surface area contributed by atoms with Gasteiger partial charge in [-0.3, -0.25) is 0 Å². The van der Waals surface area contributed by atoms with E-state index in [-0.39, 0.29) is 15.5 Å². The van der Waals surface area contributed by atoms with E-state index in [1.807, 2.05) is 0 Å². The Morgan fingerprint density at radius 3 is 2.24 bits per heavy atom. The molecule has 21 heavy (non-hydrogen) atoms. The van der Waals surface area contributed by atoms with Crippen molar-refractivity contribution < 1.29 is 16.8 Å². The lowest BCUT2D eigenvalue weighted by Crippen LogP contribution is -2.38. The van der Waals surface area contributed by atoms with Crippen LogP contribution in [0.3, 0.4) is 0 Å². The molecule has 0 bridgehead atoms. The second kappa shape index (κ2) is 5.58. The van der Waals surface area contributed by atoms with E-state index in [2.05, 4.69) is 6.92 Å². The highest BCUT2D eigenvalue weighted by molar-refractivity contribution is 7.91. The van der Waals surface area contributed by atoms with Crippen LogP contribution in [0.15, 0.2) is 28.0 Å². The van der Waals surface area contributed by atoms with E-state index in [9.17, 15) is 16.8 Å². The number of sulfone groups is 1. The summed E-state index contributed by atoms with van der Waals surface area (Å²) in [7, 11) is -7.24. The van der Waals surface area contributed by atoms with Gasteiger partial charge in [-0.25, -0.2) is 16.8 Å². The van der Waals surface area contributed by atoms with Crippen molar-refractivity contribution in [2.24, 2.45) is 5.92 Å². The third-order valence-corrected chi connectivity index (χ3v) is 6.84. The maximum atomic E-state index is 12.6. The van der Waals surface area contributed by atoms with Gasteiger partial charge < -0.3 is 5.73 Å². The van der Waals surface area contributed by atoms with E-state index in [1.54, 1.807) is 0 Å². The van der Waals surface area contributed by atoms with Crippen molar-refractivity contribution in [1.29, 1.82) is 0 Å². The molecular formula is C13H20N2O4S2. The Hall–Kier alpha value is -1.12. The van der Waals surface area contributed by atoms with Crippen LogP contribution in [0.2, 0.25) is 0 Å². The molecule has 0 saturated carbocycles. The zero-order valence-electron chi connectivity index (χ0n) is 12.1. The van der Waals surface area contributed by atoms with Crippen molar-refractivity contribution in [3.63, 3.8) is 0 Å². The zero-order chi connectivity index (χ0) is 15.8. The van der Waals surface area contributed by atoms with E-state index in [1.165, 1.54) is 16.4 Å². The van der Waals surface area contributed by atoms with Gasteiger partial charge in [0.1, 0.15) is 4.90 Å². The summed E-state index contributed by atoms with van der Waals surface area (Å²) in [5.41, 5.74) is 5.82. The largest absolute Gasteiger partial charge is 0.398 e. The Morgan fingerprint density at radius 1 is 1.14 bits per heavy atom. The number of nitrogens with two attached hydrogens (primary N) is 1. The zero-order valence-corrected chi connectivity index (χ0v) is 13.7. The second-order valence-corrected chi connectivity index (χ2v) is 9.48. The molecule has 1 aliphatic heterocycles. The molecule has 0 aromatic heterocycles. The summed E-state index contributed by atoms with van der Waals surface area (Å²) in [6.07, 6.45) is 2.63. The van der Waals surface area contributed by atoms with Crippen LogP contribution < -0.4 is 5.73 Å². The number of piperidine rings is 1. The first-order chi connectivity index (χ1) is 9.62. The van der Waals surface area contributed by atoms with Gasteiger partial charge in [0.2, 0.25) is 10.0 Å². The fourth-order valence-electron chi connectivity index (χ4n) is 2.33. The molecule has 2 rings (SSSR count). The van der Waals surface area contributed by atoms with Crippen LogP contribution in [0.25, 0.3) is 0 Å². The molecule has 0 amide bonds. The molecule has 0 unspecified atom stereocenters. The van der Waals surface area contributed by atoms with Crippen LogP contribution in [-0.4, -0.2) is 40.5 Å². The summed E-state index contributed by atoms with van der Waals surface area (Å²) in [6.45, 7) is 2.96. The molecular weight excluding hydrogens is 312 g/mol. The van der Waals surface area contributed by atoms with Crippen molar-refractivity contribution in [1.82, 2.24) is 4.31 Å². The predicted octanol–water partition coefficient (Wildman–Crippen LogP) is 1.09. The molecule has 1 aliphatic rings. The number of benzene rings is 1. The van der Waals surface area contributed by atoms with Crippen molar-refractivity contribution in [3.05, 3.63) is 18.2 Å². The van der Waals surface area contributed by atoms with Crippen LogP contribution in [0.4, 0.5) is 5.69 Å². The molecule has 6 nitrogen and oxygen atoms in total. The van der Waals surface area contributed by atoms with Crippen LogP contribution in [-0.2, 0) is 19.9 Å². The smallest absolute Gasteiger partial charge is 0.245 e. The van der Waals surface area contributed by atoms with E-state index >= 15 is 0 Å². The van der Waals surface area contributed by atoms with Crippen molar-refractivity contribution in [3.8, 4) is 0 Å². The van der Waals surface area contributed by atoms with Gasteiger partial charge in [0, 0.05) is 19.3 Å². The Bertz CT molecular complexity index is 733. The molecule has 1 heterocycles. The minimum Gasteiger partial charge on any atom is -0.398 e. The fourth-order valence-corrected chi connectivity index (χ4v) is 4.67. The summed E-state index contributed by atoms with van der Waals surface area (Å²) in [4.78, 5) is -0.166. The standard InChI is InChI=1S/C13H20N2O4S2/c1-10-5-7-15(8-6-10)21(18,19)13-9-11(20(2,16)17)3-4-12(13)14/h3-4,9-10H,5-8,14H2,1-2H3. The molecule has 0 aliphatic carbocycles. The minimum atomic E-state index is -3.76. The lowest BCUT2D eigenvalue weighted by Gasteiger charge is -2.29. The molecule has 0 atom stereocenters. The second-order valence-electron chi connectivity index (χ2n) is 5.56. The molecule has 8 heteroatoms. The molecule has 118 valence electrons. The highest BCUT2D eigenvalue weighted by atomic mass is 32.2. The van der Waals surface area contributed by atoms with Crippen LogP contribution in [0, 0.1) is 5.92 Å². The summed E-state index contributed by atoms with van der Waals surface area (Å²) >= 11 is 0. The number of anilines is 1.